The molecule has 1 aliphatic rings. The van der Waals surface area contributed by atoms with Crippen molar-refractivity contribution >= 4 is 33.2 Å². The van der Waals surface area contributed by atoms with E-state index in [4.69, 9.17) is 4.74 Å². The minimum Gasteiger partial charge on any atom is -0.482 e. The molecule has 1 aliphatic heterocycles. The summed E-state index contributed by atoms with van der Waals surface area (Å²) in [6.07, 6.45) is 0. The van der Waals surface area contributed by atoms with E-state index in [1.807, 2.05) is 32.0 Å². The largest absolute Gasteiger partial charge is 0.482 e. The van der Waals surface area contributed by atoms with Crippen LogP contribution in [-0.2, 0) is 19.6 Å². The van der Waals surface area contributed by atoms with Crippen LogP contribution in [0.1, 0.15) is 11.1 Å². The summed E-state index contributed by atoms with van der Waals surface area (Å²) in [5, 5.41) is 5.31. The molecule has 0 aliphatic carbocycles. The molecule has 2 aromatic carbocycles. The van der Waals surface area contributed by atoms with Crippen LogP contribution in [0.5, 0.6) is 5.75 Å². The molecule has 0 atom stereocenters. The Morgan fingerprint density at radius 2 is 1.96 bits per heavy atom. The fraction of sp³-hybridized carbons (Fsp3) is 0.263. The minimum absolute atomic E-state index is 0.0425. The van der Waals surface area contributed by atoms with Crippen molar-refractivity contribution in [2.75, 3.05) is 30.8 Å². The average Bonchev–Trinajstić information content (AvgIpc) is 2.63. The summed E-state index contributed by atoms with van der Waals surface area (Å²) >= 11 is 0. The van der Waals surface area contributed by atoms with E-state index in [2.05, 4.69) is 10.6 Å². The molecule has 3 rings (SSSR count). The lowest BCUT2D eigenvalue weighted by Gasteiger charge is -2.21. The Bertz CT molecular complexity index is 1050. The number of ether oxygens (including phenoxy) is 1. The van der Waals surface area contributed by atoms with Gasteiger partial charge < -0.3 is 15.4 Å². The van der Waals surface area contributed by atoms with E-state index < -0.39 is 15.9 Å². The topological polar surface area (TPSA) is 105 Å². The van der Waals surface area contributed by atoms with Gasteiger partial charge in [-0.3, -0.25) is 9.59 Å². The highest BCUT2D eigenvalue weighted by atomic mass is 32.2. The second kappa shape index (κ2) is 7.61. The highest BCUT2D eigenvalue weighted by molar-refractivity contribution is 7.89. The van der Waals surface area contributed by atoms with Crippen molar-refractivity contribution in [1.29, 1.82) is 0 Å². The molecule has 0 unspecified atom stereocenters. The number of likely N-dealkylation sites (N-methyl/N-ethyl adjacent to an activating group) is 1. The predicted octanol–water partition coefficient (Wildman–Crippen LogP) is 1.89. The lowest BCUT2D eigenvalue weighted by molar-refractivity contribution is -0.118. The van der Waals surface area contributed by atoms with Crippen molar-refractivity contribution in [3.05, 3.63) is 47.5 Å². The summed E-state index contributed by atoms with van der Waals surface area (Å²) in [5.41, 5.74) is 2.80. The summed E-state index contributed by atoms with van der Waals surface area (Å²) in [5.74, 6) is -0.411. The van der Waals surface area contributed by atoms with Gasteiger partial charge in [-0.15, -0.1) is 0 Å². The molecule has 1 heterocycles. The van der Waals surface area contributed by atoms with Crippen LogP contribution in [-0.4, -0.2) is 44.7 Å². The zero-order valence-corrected chi connectivity index (χ0v) is 16.6. The summed E-state index contributed by atoms with van der Waals surface area (Å²) in [7, 11) is -2.60. The van der Waals surface area contributed by atoms with E-state index in [1.54, 1.807) is 0 Å². The summed E-state index contributed by atoms with van der Waals surface area (Å²) < 4.78 is 31.8. The Hall–Kier alpha value is -2.91. The highest BCUT2D eigenvalue weighted by Crippen LogP contribution is 2.31. The zero-order valence-electron chi connectivity index (χ0n) is 15.8. The van der Waals surface area contributed by atoms with Gasteiger partial charge in [0.05, 0.1) is 17.1 Å². The maximum Gasteiger partial charge on any atom is 0.262 e. The Kier molecular flexibility index (Phi) is 5.39. The molecular formula is C19H21N3O5S. The molecule has 0 radical (unpaired) electrons. The first-order valence-corrected chi connectivity index (χ1v) is 10.0. The first kappa shape index (κ1) is 19.8. The first-order valence-electron chi connectivity index (χ1n) is 8.57. The SMILES string of the molecule is Cc1ccc(C)c(NC(=O)CN(C)S(=O)(=O)c2ccc3c(c2)NC(=O)CO3)c1. The summed E-state index contributed by atoms with van der Waals surface area (Å²) in [6, 6.07) is 9.82. The molecule has 0 saturated carbocycles. The molecule has 2 aromatic rings. The lowest BCUT2D eigenvalue weighted by Crippen LogP contribution is -2.35. The lowest BCUT2D eigenvalue weighted by atomic mass is 10.1. The monoisotopic (exact) mass is 403 g/mol. The molecule has 8 nitrogen and oxygen atoms in total. The molecule has 9 heteroatoms. The van der Waals surface area contributed by atoms with Crippen LogP contribution >= 0.6 is 0 Å². The smallest absolute Gasteiger partial charge is 0.262 e. The third-order valence-electron chi connectivity index (χ3n) is 4.33. The number of amides is 2. The Morgan fingerprint density at radius 3 is 2.71 bits per heavy atom. The third-order valence-corrected chi connectivity index (χ3v) is 6.12. The number of hydrogen-bond acceptors (Lipinski definition) is 5. The van der Waals surface area contributed by atoms with Crippen molar-refractivity contribution in [2.45, 2.75) is 18.7 Å². The number of rotatable bonds is 5. The molecular weight excluding hydrogens is 382 g/mol. The van der Waals surface area contributed by atoms with E-state index >= 15 is 0 Å². The number of aryl methyl sites for hydroxylation is 2. The normalized spacial score (nSPS) is 13.5. The number of nitrogens with one attached hydrogen (secondary N) is 2. The molecule has 28 heavy (non-hydrogen) atoms. The van der Waals surface area contributed by atoms with Crippen LogP contribution < -0.4 is 15.4 Å². The van der Waals surface area contributed by atoms with Gasteiger partial charge in [0.1, 0.15) is 5.75 Å². The van der Waals surface area contributed by atoms with Crippen LogP contribution in [0.25, 0.3) is 0 Å². The summed E-state index contributed by atoms with van der Waals surface area (Å²) in [6.45, 7) is 3.30. The molecule has 2 amide bonds. The van der Waals surface area contributed by atoms with Gasteiger partial charge in [0.15, 0.2) is 6.61 Å². The van der Waals surface area contributed by atoms with E-state index in [0.29, 0.717) is 11.4 Å². The van der Waals surface area contributed by atoms with Gasteiger partial charge in [-0.2, -0.15) is 4.31 Å². The zero-order chi connectivity index (χ0) is 20.5. The molecule has 0 spiro atoms. The van der Waals surface area contributed by atoms with Crippen LogP contribution in [0, 0.1) is 13.8 Å². The Labute approximate surface area is 163 Å². The average molecular weight is 403 g/mol. The molecule has 2 N–H and O–H groups in total. The van der Waals surface area contributed by atoms with Gasteiger partial charge in [-0.05, 0) is 49.2 Å². The fourth-order valence-corrected chi connectivity index (χ4v) is 3.90. The molecule has 0 aromatic heterocycles. The summed E-state index contributed by atoms with van der Waals surface area (Å²) in [4.78, 5) is 23.7. The van der Waals surface area contributed by atoms with Gasteiger partial charge in [-0.1, -0.05) is 12.1 Å². The molecule has 148 valence electrons. The molecule has 0 saturated heterocycles. The van der Waals surface area contributed by atoms with Crippen LogP contribution in [0.15, 0.2) is 41.3 Å². The second-order valence-electron chi connectivity index (χ2n) is 6.62. The van der Waals surface area contributed by atoms with Crippen LogP contribution in [0.4, 0.5) is 11.4 Å². The number of benzene rings is 2. The first-order chi connectivity index (χ1) is 13.2. The van der Waals surface area contributed by atoms with Crippen molar-refractivity contribution in [3.63, 3.8) is 0 Å². The fourth-order valence-electron chi connectivity index (χ4n) is 2.75. The van der Waals surface area contributed by atoms with Crippen LogP contribution in [0.3, 0.4) is 0 Å². The molecule has 0 fully saturated rings. The van der Waals surface area contributed by atoms with E-state index in [0.717, 1.165) is 15.4 Å². The van der Waals surface area contributed by atoms with Crippen molar-refractivity contribution < 1.29 is 22.7 Å². The van der Waals surface area contributed by atoms with Crippen molar-refractivity contribution in [2.24, 2.45) is 0 Å². The van der Waals surface area contributed by atoms with E-state index in [9.17, 15) is 18.0 Å². The van der Waals surface area contributed by atoms with Crippen molar-refractivity contribution in [3.8, 4) is 5.75 Å². The number of carbonyl (C=O) groups is 2. The van der Waals surface area contributed by atoms with Gasteiger partial charge in [0.2, 0.25) is 15.9 Å². The second-order valence-corrected chi connectivity index (χ2v) is 8.67. The van der Waals surface area contributed by atoms with E-state index in [-0.39, 0.29) is 29.6 Å². The number of hydrogen-bond donors (Lipinski definition) is 2. The number of fused-ring (bicyclic) bond motifs is 1. The third kappa shape index (κ3) is 4.15. The number of nitrogens with zero attached hydrogens (tertiary/aromatic N) is 1. The number of carbonyl (C=O) groups excluding carboxylic acids is 2. The maximum atomic E-state index is 12.8. The van der Waals surface area contributed by atoms with Gasteiger partial charge in [-0.25, -0.2) is 8.42 Å². The Morgan fingerprint density at radius 1 is 1.21 bits per heavy atom. The highest BCUT2D eigenvalue weighted by Gasteiger charge is 2.26. The van der Waals surface area contributed by atoms with Gasteiger partial charge in [0, 0.05) is 12.7 Å². The van der Waals surface area contributed by atoms with Gasteiger partial charge in [0.25, 0.3) is 5.91 Å². The van der Waals surface area contributed by atoms with Crippen LogP contribution in [0.2, 0.25) is 0 Å². The maximum absolute atomic E-state index is 12.8. The number of sulfonamides is 1. The minimum atomic E-state index is -3.93. The van der Waals surface area contributed by atoms with Crippen molar-refractivity contribution in [1.82, 2.24) is 4.31 Å². The quantitative estimate of drug-likeness (QED) is 0.793. The Balaban J connectivity index is 1.75. The molecule has 0 bridgehead atoms. The number of anilines is 2. The predicted molar refractivity (Wildman–Crippen MR) is 105 cm³/mol. The van der Waals surface area contributed by atoms with E-state index in [1.165, 1.54) is 25.2 Å². The standard InChI is InChI=1S/C19H21N3O5S/c1-12-4-5-13(2)15(8-12)20-18(23)10-22(3)28(25,26)14-6-7-17-16(9-14)21-19(24)11-27-17/h4-9H,10-11H2,1-3H3,(H,20,23)(H,21,24). The van der Waals surface area contributed by atoms with Gasteiger partial charge >= 0.3 is 0 Å².